The molecule has 9 nitrogen and oxygen atoms in total. The van der Waals surface area contributed by atoms with Crippen molar-refractivity contribution in [1.82, 2.24) is 9.55 Å². The second kappa shape index (κ2) is 8.57. The van der Waals surface area contributed by atoms with E-state index in [9.17, 15) is 15.1 Å². The van der Waals surface area contributed by atoms with Crippen LogP contribution in [0.3, 0.4) is 0 Å². The van der Waals surface area contributed by atoms with Crippen molar-refractivity contribution in [2.45, 2.75) is 44.6 Å². The third-order valence-electron chi connectivity index (χ3n) is 3.50. The Kier molecular flexibility index (Phi) is 6.99. The van der Waals surface area contributed by atoms with Crippen molar-refractivity contribution in [3.63, 3.8) is 0 Å². The summed E-state index contributed by atoms with van der Waals surface area (Å²) in [6.07, 6.45) is 0.869. The monoisotopic (exact) mass is 378 g/mol. The van der Waals surface area contributed by atoms with Crippen LogP contribution in [0.2, 0.25) is 0 Å². The van der Waals surface area contributed by atoms with Gasteiger partial charge in [0.05, 0.1) is 18.7 Å². The predicted octanol–water partition coefficient (Wildman–Crippen LogP) is 0.135. The number of hydrogen-bond acceptors (Lipinski definition) is 9. The molecule has 1 aliphatic heterocycles. The SMILES string of the molecule is CCCCO[P+](O)([S-])OC[C@H]1O[C@@H](n2ccc(=N)nc2[O-])C[C@@H]1O. The van der Waals surface area contributed by atoms with E-state index >= 15 is 0 Å². The van der Waals surface area contributed by atoms with Crippen LogP contribution in [0.5, 0.6) is 6.01 Å². The van der Waals surface area contributed by atoms with Gasteiger partial charge in [-0.1, -0.05) is 13.3 Å². The van der Waals surface area contributed by atoms with Gasteiger partial charge in [-0.3, -0.25) is 5.41 Å². The van der Waals surface area contributed by atoms with Gasteiger partial charge in [-0.05, 0) is 12.5 Å². The molecule has 0 spiro atoms. The minimum atomic E-state index is -3.37. The molecule has 1 aromatic heterocycles. The van der Waals surface area contributed by atoms with Gasteiger partial charge in [-0.15, -0.1) is 0 Å². The number of aliphatic hydroxyl groups excluding tert-OH is 1. The van der Waals surface area contributed by atoms with Gasteiger partial charge in [-0.2, -0.15) is 9.05 Å². The van der Waals surface area contributed by atoms with Crippen LogP contribution in [0.1, 0.15) is 32.4 Å². The van der Waals surface area contributed by atoms with Gasteiger partial charge in [0.1, 0.15) is 24.4 Å². The number of hydrogen-bond donors (Lipinski definition) is 3. The molecular weight excluding hydrogens is 357 g/mol. The summed E-state index contributed by atoms with van der Waals surface area (Å²) in [5, 5.41) is 29.1. The van der Waals surface area contributed by atoms with E-state index in [1.54, 1.807) is 0 Å². The molecule has 1 aliphatic rings. The molecule has 0 radical (unpaired) electrons. The molecule has 2 heterocycles. The maximum absolute atomic E-state index is 11.8. The van der Waals surface area contributed by atoms with E-state index in [1.165, 1.54) is 16.8 Å². The minimum absolute atomic E-state index is 0.139. The summed E-state index contributed by atoms with van der Waals surface area (Å²) in [5.41, 5.74) is -0.139. The normalized spacial score (nSPS) is 26.4. The number of ether oxygens (including phenoxy) is 1. The van der Waals surface area contributed by atoms with E-state index in [-0.39, 0.29) is 18.5 Å². The highest BCUT2D eigenvalue weighted by molar-refractivity contribution is 8.35. The zero-order valence-electron chi connectivity index (χ0n) is 13.2. The second-order valence-corrected chi connectivity index (χ2v) is 8.22. The maximum Gasteiger partial charge on any atom is 0.286 e. The molecule has 0 saturated carbocycles. The van der Waals surface area contributed by atoms with Crippen molar-refractivity contribution in [2.75, 3.05) is 13.2 Å². The van der Waals surface area contributed by atoms with Crippen molar-refractivity contribution in [3.05, 3.63) is 17.8 Å². The third-order valence-corrected chi connectivity index (χ3v) is 5.12. The van der Waals surface area contributed by atoms with Crippen molar-refractivity contribution in [1.29, 1.82) is 5.41 Å². The lowest BCUT2D eigenvalue weighted by Gasteiger charge is -2.24. The van der Waals surface area contributed by atoms with Crippen LogP contribution in [0, 0.1) is 5.41 Å². The standard InChI is InChI=1S/C13H22N3O6PS/c1-2-3-6-20-23(19,24)21-8-10-9(17)7-12(22-10)16-5-4-11(14)15-13(16)18/h4-5,9-10,12,17H,2-3,6-8H2,1H3,(H,19,24)(H2,14,15,18)/p-1/t9-,10+,12+,23?/m0/s1. The lowest BCUT2D eigenvalue weighted by molar-refractivity contribution is -0.290. The first kappa shape index (κ1) is 19.6. The molecule has 1 unspecified atom stereocenters. The Morgan fingerprint density at radius 3 is 3.00 bits per heavy atom. The van der Waals surface area contributed by atoms with Crippen LogP contribution in [-0.4, -0.2) is 45.0 Å². The molecule has 0 aromatic carbocycles. The number of nitrogens with zero attached hydrogens (tertiary/aromatic N) is 2. The molecule has 0 aliphatic carbocycles. The topological polar surface area (TPSA) is 133 Å². The fourth-order valence-corrected chi connectivity index (χ4v) is 3.37. The minimum Gasteiger partial charge on any atom is -0.846 e. The van der Waals surface area contributed by atoms with Gasteiger partial charge < -0.3 is 31.8 Å². The molecule has 1 fully saturated rings. The number of nitrogens with one attached hydrogen (secondary N) is 1. The first-order valence-electron chi connectivity index (χ1n) is 7.58. The van der Waals surface area contributed by atoms with E-state index in [2.05, 4.69) is 4.98 Å². The van der Waals surface area contributed by atoms with E-state index in [1.807, 2.05) is 6.92 Å². The van der Waals surface area contributed by atoms with Crippen LogP contribution in [-0.2, 0) is 26.0 Å². The Morgan fingerprint density at radius 1 is 1.58 bits per heavy atom. The number of aliphatic hydroxyl groups is 1. The van der Waals surface area contributed by atoms with Crippen LogP contribution in [0.15, 0.2) is 12.3 Å². The summed E-state index contributed by atoms with van der Waals surface area (Å²) in [6.45, 7) is 2.15. The molecule has 2 rings (SSSR count). The molecule has 0 amide bonds. The van der Waals surface area contributed by atoms with E-state index in [4.69, 9.17) is 31.4 Å². The van der Waals surface area contributed by atoms with Gasteiger partial charge in [0.2, 0.25) is 0 Å². The first-order chi connectivity index (χ1) is 11.3. The molecule has 1 saturated heterocycles. The third kappa shape index (κ3) is 5.38. The van der Waals surface area contributed by atoms with Gasteiger partial charge in [0.15, 0.2) is 0 Å². The quantitative estimate of drug-likeness (QED) is 0.330. The van der Waals surface area contributed by atoms with Crippen LogP contribution in [0.4, 0.5) is 0 Å². The van der Waals surface area contributed by atoms with Crippen LogP contribution >= 0.6 is 7.15 Å². The molecular formula is C13H21N3O6PS-. The highest BCUT2D eigenvalue weighted by atomic mass is 32.7. The molecule has 136 valence electrons. The summed E-state index contributed by atoms with van der Waals surface area (Å²) < 4.78 is 17.1. The highest BCUT2D eigenvalue weighted by Gasteiger charge is 2.37. The fraction of sp³-hybridized carbons (Fsp3) is 0.692. The van der Waals surface area contributed by atoms with Gasteiger partial charge in [0.25, 0.3) is 7.15 Å². The Labute approximate surface area is 145 Å². The number of rotatable bonds is 8. The van der Waals surface area contributed by atoms with Crippen LogP contribution < -0.4 is 10.6 Å². The van der Waals surface area contributed by atoms with E-state index in [0.29, 0.717) is 6.61 Å². The molecule has 0 bridgehead atoms. The Morgan fingerprint density at radius 2 is 2.33 bits per heavy atom. The van der Waals surface area contributed by atoms with Crippen molar-refractivity contribution < 1.29 is 28.9 Å². The van der Waals surface area contributed by atoms with Gasteiger partial charge in [0, 0.05) is 12.6 Å². The highest BCUT2D eigenvalue weighted by Crippen LogP contribution is 2.55. The van der Waals surface area contributed by atoms with Crippen LogP contribution in [0.25, 0.3) is 0 Å². The molecule has 11 heteroatoms. The zero-order chi connectivity index (χ0) is 17.7. The molecule has 3 N–H and O–H groups in total. The largest absolute Gasteiger partial charge is 0.846 e. The Bertz CT molecular complexity index is 601. The Hall–Kier alpha value is -0.740. The lowest BCUT2D eigenvalue weighted by Crippen LogP contribution is -2.26. The van der Waals surface area contributed by atoms with Crippen molar-refractivity contribution >= 4 is 19.4 Å². The predicted molar refractivity (Wildman–Crippen MR) is 85.4 cm³/mol. The lowest BCUT2D eigenvalue weighted by atomic mass is 10.2. The number of aromatic nitrogens is 2. The summed E-state index contributed by atoms with van der Waals surface area (Å²) in [6, 6.07) is 0.729. The van der Waals surface area contributed by atoms with Crippen molar-refractivity contribution in [3.8, 4) is 6.01 Å². The average Bonchev–Trinajstić information content (AvgIpc) is 2.86. The van der Waals surface area contributed by atoms with Gasteiger partial charge in [-0.25, -0.2) is 9.88 Å². The summed E-state index contributed by atoms with van der Waals surface area (Å²) in [7, 11) is -3.37. The molecule has 4 atom stereocenters. The fourth-order valence-electron chi connectivity index (χ4n) is 2.20. The molecule has 1 aromatic rings. The van der Waals surface area contributed by atoms with E-state index < -0.39 is 31.6 Å². The smallest absolute Gasteiger partial charge is 0.286 e. The van der Waals surface area contributed by atoms with E-state index in [0.717, 1.165) is 12.8 Å². The summed E-state index contributed by atoms with van der Waals surface area (Å²) in [5.74, 6) is 0. The van der Waals surface area contributed by atoms with Gasteiger partial charge >= 0.3 is 0 Å². The number of unbranched alkanes of at least 4 members (excludes halogenated alkanes) is 1. The summed E-state index contributed by atoms with van der Waals surface area (Å²) in [4.78, 5) is 13.4. The average molecular weight is 378 g/mol. The summed E-state index contributed by atoms with van der Waals surface area (Å²) >= 11 is 4.89. The Balaban J connectivity index is 1.90. The van der Waals surface area contributed by atoms with Crippen molar-refractivity contribution in [2.24, 2.45) is 0 Å². The first-order valence-corrected chi connectivity index (χ1v) is 10.2. The maximum atomic E-state index is 11.8. The second-order valence-electron chi connectivity index (χ2n) is 5.39. The zero-order valence-corrected chi connectivity index (χ0v) is 14.9. The molecule has 24 heavy (non-hydrogen) atoms.